The Morgan fingerprint density at radius 2 is 1.57 bits per heavy atom. The molecule has 10 atom stereocenters. The van der Waals surface area contributed by atoms with Crippen LogP contribution in [-0.4, -0.2) is 38.1 Å². The van der Waals surface area contributed by atoms with Crippen LogP contribution in [0.15, 0.2) is 0 Å². The summed E-state index contributed by atoms with van der Waals surface area (Å²) in [4.78, 5) is 11.2. The quantitative estimate of drug-likeness (QED) is 0.508. The highest BCUT2D eigenvalue weighted by Gasteiger charge is 2.60. The Balaban J connectivity index is 1.40. The summed E-state index contributed by atoms with van der Waals surface area (Å²) < 4.78 is 41.5. The van der Waals surface area contributed by atoms with Gasteiger partial charge in [-0.15, -0.1) is 0 Å². The van der Waals surface area contributed by atoms with Gasteiger partial charge in [-0.25, -0.2) is 0 Å². The molecule has 4 bridgehead atoms. The molecule has 6 nitrogen and oxygen atoms in total. The molecule has 0 saturated heterocycles. The SMILES string of the molecule is CC(=O)OCC1C[C@@H]2C[C@H]1C(C)C2C1C(C)[C@H]2CC(COCS(=O)(=O)O)[C@@H]1C2. The Hall–Kier alpha value is -0.660. The van der Waals surface area contributed by atoms with Gasteiger partial charge in [-0.2, -0.15) is 8.42 Å². The van der Waals surface area contributed by atoms with E-state index in [9.17, 15) is 13.2 Å². The van der Waals surface area contributed by atoms with Gasteiger partial charge in [-0.05, 0) is 84.9 Å². The molecule has 0 amide bonds. The lowest BCUT2D eigenvalue weighted by Crippen LogP contribution is -2.41. The fourth-order valence-corrected chi connectivity index (χ4v) is 8.20. The van der Waals surface area contributed by atoms with Crippen LogP contribution in [-0.2, 0) is 24.4 Å². The number of esters is 1. The predicted octanol–water partition coefficient (Wildman–Crippen LogP) is 3.23. The van der Waals surface area contributed by atoms with Crippen LogP contribution >= 0.6 is 0 Å². The minimum atomic E-state index is -4.06. The lowest BCUT2D eigenvalue weighted by Gasteiger charge is -2.44. The number of rotatable bonds is 7. The first-order valence-electron chi connectivity index (χ1n) is 10.8. The molecule has 4 aliphatic carbocycles. The number of carbonyl (C=O) groups is 1. The molecule has 0 heterocycles. The van der Waals surface area contributed by atoms with Crippen molar-refractivity contribution in [2.24, 2.45) is 59.2 Å². The van der Waals surface area contributed by atoms with E-state index in [-0.39, 0.29) is 5.97 Å². The zero-order valence-electron chi connectivity index (χ0n) is 17.1. The molecule has 1 N–H and O–H groups in total. The van der Waals surface area contributed by atoms with Gasteiger partial charge in [-0.1, -0.05) is 13.8 Å². The molecule has 4 rings (SSSR count). The summed E-state index contributed by atoms with van der Waals surface area (Å²) >= 11 is 0. The second-order valence-electron chi connectivity index (χ2n) is 10.1. The van der Waals surface area contributed by atoms with E-state index >= 15 is 0 Å². The average molecular weight is 415 g/mol. The first kappa shape index (κ1) is 20.6. The van der Waals surface area contributed by atoms with Crippen molar-refractivity contribution in [3.63, 3.8) is 0 Å². The van der Waals surface area contributed by atoms with Gasteiger partial charge in [0.2, 0.25) is 0 Å². The van der Waals surface area contributed by atoms with Crippen LogP contribution in [0.25, 0.3) is 0 Å². The average Bonchev–Trinajstić information content (AvgIpc) is 3.32. The van der Waals surface area contributed by atoms with Crippen molar-refractivity contribution < 1.29 is 27.2 Å². The minimum Gasteiger partial charge on any atom is -0.466 e. The molecule has 28 heavy (non-hydrogen) atoms. The first-order chi connectivity index (χ1) is 13.2. The molecule has 0 spiro atoms. The fraction of sp³-hybridized carbons (Fsp3) is 0.952. The molecular formula is C21H34O6S. The molecule has 0 aromatic heterocycles. The molecule has 0 aromatic rings. The molecule has 4 fully saturated rings. The lowest BCUT2D eigenvalue weighted by atomic mass is 9.61. The van der Waals surface area contributed by atoms with Crippen LogP contribution in [0, 0.1) is 59.2 Å². The van der Waals surface area contributed by atoms with Crippen molar-refractivity contribution >= 4 is 16.1 Å². The van der Waals surface area contributed by atoms with Gasteiger partial charge in [0.05, 0.1) is 13.2 Å². The normalized spacial score (nSPS) is 47.0. The molecule has 6 unspecified atom stereocenters. The zero-order chi connectivity index (χ0) is 20.2. The van der Waals surface area contributed by atoms with E-state index in [0.717, 1.165) is 30.1 Å². The predicted molar refractivity (Wildman–Crippen MR) is 104 cm³/mol. The van der Waals surface area contributed by atoms with Crippen molar-refractivity contribution in [3.8, 4) is 0 Å². The molecule has 4 saturated carbocycles. The maximum Gasteiger partial charge on any atom is 0.302 e. The maximum absolute atomic E-state index is 11.2. The van der Waals surface area contributed by atoms with Gasteiger partial charge in [0, 0.05) is 6.92 Å². The largest absolute Gasteiger partial charge is 0.466 e. The number of hydrogen-bond donors (Lipinski definition) is 1. The maximum atomic E-state index is 11.2. The van der Waals surface area contributed by atoms with E-state index < -0.39 is 16.1 Å². The Kier molecular flexibility index (Phi) is 5.55. The van der Waals surface area contributed by atoms with E-state index in [2.05, 4.69) is 13.8 Å². The lowest BCUT2D eigenvalue weighted by molar-refractivity contribution is -0.143. The van der Waals surface area contributed by atoms with Crippen LogP contribution in [0.1, 0.15) is 46.5 Å². The van der Waals surface area contributed by atoms with E-state index in [0.29, 0.717) is 48.7 Å². The van der Waals surface area contributed by atoms with Crippen molar-refractivity contribution in [2.45, 2.75) is 46.5 Å². The molecule has 160 valence electrons. The molecule has 4 aliphatic rings. The molecular weight excluding hydrogens is 380 g/mol. The van der Waals surface area contributed by atoms with Crippen LogP contribution < -0.4 is 0 Å². The number of hydrogen-bond acceptors (Lipinski definition) is 5. The van der Waals surface area contributed by atoms with E-state index in [1.54, 1.807) is 0 Å². The number of ether oxygens (including phenoxy) is 2. The highest BCUT2D eigenvalue weighted by Crippen LogP contribution is 2.66. The second kappa shape index (κ2) is 7.55. The van der Waals surface area contributed by atoms with Gasteiger partial charge >= 0.3 is 5.97 Å². The second-order valence-corrected chi connectivity index (χ2v) is 11.5. The van der Waals surface area contributed by atoms with Crippen LogP contribution in [0.2, 0.25) is 0 Å². The van der Waals surface area contributed by atoms with Crippen molar-refractivity contribution in [2.75, 3.05) is 19.2 Å². The van der Waals surface area contributed by atoms with Crippen LogP contribution in [0.5, 0.6) is 0 Å². The number of carbonyl (C=O) groups excluding carboxylic acids is 1. The Labute approximate surface area is 168 Å². The monoisotopic (exact) mass is 414 g/mol. The highest BCUT2D eigenvalue weighted by atomic mass is 32.2. The summed E-state index contributed by atoms with van der Waals surface area (Å²) in [7, 11) is -4.06. The summed E-state index contributed by atoms with van der Waals surface area (Å²) in [5.74, 6) is 5.68. The summed E-state index contributed by atoms with van der Waals surface area (Å²) in [5, 5.41) is 0. The molecule has 7 heteroatoms. The Morgan fingerprint density at radius 3 is 2.18 bits per heavy atom. The van der Waals surface area contributed by atoms with Crippen LogP contribution in [0.3, 0.4) is 0 Å². The van der Waals surface area contributed by atoms with Gasteiger partial charge in [0.15, 0.2) is 5.94 Å². The zero-order valence-corrected chi connectivity index (χ0v) is 17.9. The summed E-state index contributed by atoms with van der Waals surface area (Å²) in [6.45, 7) is 7.32. The molecule has 0 aliphatic heterocycles. The van der Waals surface area contributed by atoms with Gasteiger partial charge in [-0.3, -0.25) is 9.35 Å². The summed E-state index contributed by atoms with van der Waals surface area (Å²) in [6, 6.07) is 0. The van der Waals surface area contributed by atoms with E-state index in [4.69, 9.17) is 14.0 Å². The third kappa shape index (κ3) is 3.74. The molecule has 0 aromatic carbocycles. The third-order valence-electron chi connectivity index (χ3n) is 8.75. The van der Waals surface area contributed by atoms with Crippen molar-refractivity contribution in [1.82, 2.24) is 0 Å². The summed E-state index contributed by atoms with van der Waals surface area (Å²) in [5.41, 5.74) is 0. The van der Waals surface area contributed by atoms with Crippen molar-refractivity contribution in [3.05, 3.63) is 0 Å². The van der Waals surface area contributed by atoms with Crippen molar-refractivity contribution in [1.29, 1.82) is 0 Å². The summed E-state index contributed by atoms with van der Waals surface area (Å²) in [6.07, 6.45) is 4.81. The van der Waals surface area contributed by atoms with Crippen LogP contribution in [0.4, 0.5) is 0 Å². The van der Waals surface area contributed by atoms with Gasteiger partial charge < -0.3 is 9.47 Å². The van der Waals surface area contributed by atoms with Gasteiger partial charge in [0.1, 0.15) is 0 Å². The third-order valence-corrected chi connectivity index (χ3v) is 9.22. The van der Waals surface area contributed by atoms with E-state index in [1.165, 1.54) is 26.2 Å². The molecule has 0 radical (unpaired) electrons. The minimum absolute atomic E-state index is 0.179. The highest BCUT2D eigenvalue weighted by molar-refractivity contribution is 7.85. The smallest absolute Gasteiger partial charge is 0.302 e. The Bertz CT molecular complexity index is 704. The standard InChI is InChI=1S/C21H34O6S/c1-11-14-4-16(8-26-10-28(23,24)25)19(6-14)21(11)20-12(2)18-7-15(20)5-17(18)9-27-13(3)22/h11-12,14-21H,4-10H2,1-3H3,(H,23,24,25)/t11?,12?,14-,15+,16?,17?,18-,19-,20?,21?/m0/s1. The fourth-order valence-electron chi connectivity index (χ4n) is 7.89. The Morgan fingerprint density at radius 1 is 0.929 bits per heavy atom. The topological polar surface area (TPSA) is 89.9 Å². The van der Waals surface area contributed by atoms with Gasteiger partial charge in [0.25, 0.3) is 10.1 Å². The first-order valence-corrected chi connectivity index (χ1v) is 12.4. The van der Waals surface area contributed by atoms with E-state index in [1.807, 2.05) is 0 Å². The number of fused-ring (bicyclic) bond motifs is 4.